The Balaban J connectivity index is 1.61. The molecule has 2 atom stereocenters. The Morgan fingerprint density at radius 2 is 1.88 bits per heavy atom. The van der Waals surface area contributed by atoms with Crippen LogP contribution in [0.25, 0.3) is 0 Å². The summed E-state index contributed by atoms with van der Waals surface area (Å²) in [6.07, 6.45) is 6.06. The number of carboxylic acids is 1. The van der Waals surface area contributed by atoms with E-state index in [-0.39, 0.29) is 29.5 Å². The van der Waals surface area contributed by atoms with Crippen molar-refractivity contribution in [3.05, 3.63) is 42.0 Å². The molecule has 1 aromatic carbocycles. The number of rotatable bonds is 5. The first-order valence-electron chi connectivity index (χ1n) is 8.16. The zero-order valence-electron chi connectivity index (χ0n) is 13.3. The van der Waals surface area contributed by atoms with Crippen LogP contribution in [0, 0.1) is 5.92 Å². The molecule has 0 saturated carbocycles. The van der Waals surface area contributed by atoms with Crippen LogP contribution < -0.4 is 10.1 Å². The lowest BCUT2D eigenvalue weighted by Crippen LogP contribution is -2.52. The van der Waals surface area contributed by atoms with Gasteiger partial charge in [-0.3, -0.25) is 4.79 Å². The van der Waals surface area contributed by atoms with Gasteiger partial charge in [0.2, 0.25) is 5.91 Å². The molecule has 24 heavy (non-hydrogen) atoms. The van der Waals surface area contributed by atoms with Crippen LogP contribution in [0.15, 0.2) is 36.4 Å². The summed E-state index contributed by atoms with van der Waals surface area (Å²) >= 11 is 0. The molecule has 0 bridgehead atoms. The number of hydrogen-bond donors (Lipinski definition) is 2. The molecule has 1 heterocycles. The molecule has 2 aliphatic rings. The Hall–Kier alpha value is -2.34. The maximum Gasteiger partial charge on any atom is 0.335 e. The van der Waals surface area contributed by atoms with Crippen molar-refractivity contribution >= 4 is 11.9 Å². The minimum atomic E-state index is -0.974. The molecule has 1 aliphatic carbocycles. The maximum atomic E-state index is 12.3. The molecule has 1 aromatic rings. The molecule has 0 aromatic heterocycles. The van der Waals surface area contributed by atoms with E-state index in [1.807, 2.05) is 12.2 Å². The molecular weight excluding hydrogens is 310 g/mol. The van der Waals surface area contributed by atoms with Gasteiger partial charge < -0.3 is 19.9 Å². The van der Waals surface area contributed by atoms with Crippen molar-refractivity contribution in [2.24, 2.45) is 5.92 Å². The van der Waals surface area contributed by atoms with Gasteiger partial charge in [0.05, 0.1) is 18.2 Å². The molecule has 128 valence electrons. The van der Waals surface area contributed by atoms with Crippen LogP contribution >= 0.6 is 0 Å². The highest BCUT2D eigenvalue weighted by Gasteiger charge is 2.31. The van der Waals surface area contributed by atoms with Gasteiger partial charge in [-0.1, -0.05) is 12.2 Å². The average molecular weight is 331 g/mol. The highest BCUT2D eigenvalue weighted by molar-refractivity contribution is 5.87. The number of benzene rings is 1. The van der Waals surface area contributed by atoms with Gasteiger partial charge in [-0.15, -0.1) is 0 Å². The summed E-state index contributed by atoms with van der Waals surface area (Å²) in [5.41, 5.74) is 0.209. The Morgan fingerprint density at radius 1 is 1.17 bits per heavy atom. The number of hydrogen-bond acceptors (Lipinski definition) is 4. The van der Waals surface area contributed by atoms with Crippen LogP contribution in [0.2, 0.25) is 0 Å². The SMILES string of the molecule is O=C(O)c1ccc(OC2COCCC2NC(=O)C2CC=CC2)cc1. The second kappa shape index (κ2) is 7.49. The zero-order valence-corrected chi connectivity index (χ0v) is 13.3. The van der Waals surface area contributed by atoms with Crippen molar-refractivity contribution in [1.29, 1.82) is 0 Å². The fourth-order valence-electron chi connectivity index (χ4n) is 2.98. The van der Waals surface area contributed by atoms with E-state index >= 15 is 0 Å². The summed E-state index contributed by atoms with van der Waals surface area (Å²) < 4.78 is 11.4. The van der Waals surface area contributed by atoms with Crippen molar-refractivity contribution < 1.29 is 24.2 Å². The summed E-state index contributed by atoms with van der Waals surface area (Å²) in [7, 11) is 0. The summed E-state index contributed by atoms with van der Waals surface area (Å²) in [5.74, 6) is -0.333. The maximum absolute atomic E-state index is 12.3. The van der Waals surface area contributed by atoms with Crippen molar-refractivity contribution in [2.45, 2.75) is 31.4 Å². The van der Waals surface area contributed by atoms with Gasteiger partial charge >= 0.3 is 5.97 Å². The van der Waals surface area contributed by atoms with E-state index in [2.05, 4.69) is 5.32 Å². The van der Waals surface area contributed by atoms with Crippen molar-refractivity contribution in [1.82, 2.24) is 5.32 Å². The van der Waals surface area contributed by atoms with Gasteiger partial charge in [0.25, 0.3) is 0 Å². The van der Waals surface area contributed by atoms with Crippen LogP contribution in [0.3, 0.4) is 0 Å². The minimum absolute atomic E-state index is 0.0170. The molecule has 3 rings (SSSR count). The standard InChI is InChI=1S/C18H21NO5/c20-17(12-3-1-2-4-12)19-15-9-10-23-11-16(15)24-14-7-5-13(6-8-14)18(21)22/h1-2,5-8,12,15-16H,3-4,9-11H2,(H,19,20)(H,21,22). The normalized spacial score (nSPS) is 23.8. The minimum Gasteiger partial charge on any atom is -0.486 e. The van der Waals surface area contributed by atoms with Gasteiger partial charge in [-0.2, -0.15) is 0 Å². The first-order chi connectivity index (χ1) is 11.6. The Morgan fingerprint density at radius 3 is 2.54 bits per heavy atom. The smallest absolute Gasteiger partial charge is 0.335 e. The van der Waals surface area contributed by atoms with Gasteiger partial charge in [-0.25, -0.2) is 4.79 Å². The van der Waals surface area contributed by atoms with Crippen molar-refractivity contribution in [2.75, 3.05) is 13.2 Å². The topological polar surface area (TPSA) is 84.9 Å². The van der Waals surface area contributed by atoms with Gasteiger partial charge in [0, 0.05) is 12.5 Å². The van der Waals surface area contributed by atoms with Gasteiger partial charge in [-0.05, 0) is 43.5 Å². The van der Waals surface area contributed by atoms with Gasteiger partial charge in [0.1, 0.15) is 11.9 Å². The molecule has 6 heteroatoms. The summed E-state index contributed by atoms with van der Waals surface area (Å²) in [5, 5.41) is 12.0. The highest BCUT2D eigenvalue weighted by Crippen LogP contribution is 2.21. The Kier molecular flexibility index (Phi) is 5.15. The van der Waals surface area contributed by atoms with E-state index in [9.17, 15) is 9.59 Å². The monoisotopic (exact) mass is 331 g/mol. The highest BCUT2D eigenvalue weighted by atomic mass is 16.5. The van der Waals surface area contributed by atoms with Crippen LogP contribution in [0.1, 0.15) is 29.6 Å². The molecule has 1 saturated heterocycles. The summed E-state index contributed by atoms with van der Waals surface area (Å²) in [6, 6.07) is 6.14. The second-order valence-electron chi connectivity index (χ2n) is 6.10. The van der Waals surface area contributed by atoms with Crippen LogP contribution in [0.5, 0.6) is 5.75 Å². The molecule has 1 amide bonds. The van der Waals surface area contributed by atoms with E-state index in [0.717, 1.165) is 12.8 Å². The number of allylic oxidation sites excluding steroid dienone is 2. The quantitative estimate of drug-likeness (QED) is 0.806. The first-order valence-corrected chi connectivity index (χ1v) is 8.16. The molecule has 1 aliphatic heterocycles. The Labute approximate surface area is 140 Å². The van der Waals surface area contributed by atoms with E-state index in [0.29, 0.717) is 25.4 Å². The molecule has 2 unspecified atom stereocenters. The summed E-state index contributed by atoms with van der Waals surface area (Å²) in [4.78, 5) is 23.2. The predicted octanol–water partition coefficient (Wildman–Crippen LogP) is 2.00. The van der Waals surface area contributed by atoms with Crippen LogP contribution in [-0.2, 0) is 9.53 Å². The third-order valence-corrected chi connectivity index (χ3v) is 4.40. The second-order valence-corrected chi connectivity index (χ2v) is 6.10. The van der Waals surface area contributed by atoms with Gasteiger partial charge in [0.15, 0.2) is 0 Å². The molecule has 0 spiro atoms. The lowest BCUT2D eigenvalue weighted by Gasteiger charge is -2.33. The number of nitrogens with one attached hydrogen (secondary N) is 1. The molecule has 0 radical (unpaired) electrons. The number of ether oxygens (including phenoxy) is 2. The van der Waals surface area contributed by atoms with E-state index < -0.39 is 5.97 Å². The third-order valence-electron chi connectivity index (χ3n) is 4.40. The van der Waals surface area contributed by atoms with Crippen molar-refractivity contribution in [3.63, 3.8) is 0 Å². The third kappa shape index (κ3) is 3.94. The number of carboxylic acid groups (broad SMARTS) is 1. The number of carbonyl (C=O) groups excluding carboxylic acids is 1. The fourth-order valence-corrected chi connectivity index (χ4v) is 2.98. The predicted molar refractivity (Wildman–Crippen MR) is 87.0 cm³/mol. The van der Waals surface area contributed by atoms with Crippen LogP contribution in [0.4, 0.5) is 0 Å². The number of carbonyl (C=O) groups is 2. The molecule has 2 N–H and O–H groups in total. The largest absolute Gasteiger partial charge is 0.486 e. The van der Waals surface area contributed by atoms with E-state index in [1.54, 1.807) is 12.1 Å². The molecular formula is C18H21NO5. The molecule has 6 nitrogen and oxygen atoms in total. The first kappa shape index (κ1) is 16.5. The van der Waals surface area contributed by atoms with E-state index in [4.69, 9.17) is 14.6 Å². The average Bonchev–Trinajstić information content (AvgIpc) is 3.12. The Bertz CT molecular complexity index is 617. The lowest BCUT2D eigenvalue weighted by molar-refractivity contribution is -0.127. The molecule has 1 fully saturated rings. The number of amides is 1. The zero-order chi connectivity index (χ0) is 16.9. The summed E-state index contributed by atoms with van der Waals surface area (Å²) in [6.45, 7) is 0.986. The van der Waals surface area contributed by atoms with Crippen molar-refractivity contribution in [3.8, 4) is 5.75 Å². The van der Waals surface area contributed by atoms with Crippen LogP contribution in [-0.4, -0.2) is 42.3 Å². The lowest BCUT2D eigenvalue weighted by atomic mass is 10.0. The fraction of sp³-hybridized carbons (Fsp3) is 0.444. The number of aromatic carboxylic acids is 1. The van der Waals surface area contributed by atoms with E-state index in [1.165, 1.54) is 12.1 Å².